The van der Waals surface area contributed by atoms with Gasteiger partial charge >= 0.3 is 0 Å². The zero-order chi connectivity index (χ0) is 18.2. The average molecular weight is 387 g/mol. The molecule has 3 unspecified atom stereocenters. The van der Waals surface area contributed by atoms with Crippen molar-refractivity contribution in [3.8, 4) is 0 Å². The molecular formula is C17H26N2O4S2. The third-order valence-electron chi connectivity index (χ3n) is 5.34. The van der Waals surface area contributed by atoms with Crippen LogP contribution in [0.4, 0.5) is 0 Å². The van der Waals surface area contributed by atoms with Crippen molar-refractivity contribution in [3.05, 3.63) is 24.3 Å². The van der Waals surface area contributed by atoms with E-state index in [1.54, 1.807) is 0 Å². The Morgan fingerprint density at radius 2 is 1.48 bits per heavy atom. The third kappa shape index (κ3) is 4.42. The molecular weight excluding hydrogens is 360 g/mol. The van der Waals surface area contributed by atoms with Crippen LogP contribution in [-0.4, -0.2) is 28.9 Å². The van der Waals surface area contributed by atoms with Gasteiger partial charge in [0.15, 0.2) is 0 Å². The van der Waals surface area contributed by atoms with E-state index in [1.165, 1.54) is 24.3 Å². The van der Waals surface area contributed by atoms with Crippen LogP contribution in [0.1, 0.15) is 46.0 Å². The summed E-state index contributed by atoms with van der Waals surface area (Å²) in [5.74, 6) is 0.725. The molecule has 2 aliphatic carbocycles. The van der Waals surface area contributed by atoms with Crippen molar-refractivity contribution in [1.29, 1.82) is 0 Å². The van der Waals surface area contributed by atoms with E-state index in [0.717, 1.165) is 32.1 Å². The lowest BCUT2D eigenvalue weighted by atomic mass is 9.78. The van der Waals surface area contributed by atoms with Crippen molar-refractivity contribution in [2.75, 3.05) is 0 Å². The summed E-state index contributed by atoms with van der Waals surface area (Å²) in [4.78, 5) is -0.0102. The van der Waals surface area contributed by atoms with Gasteiger partial charge < -0.3 is 0 Å². The van der Waals surface area contributed by atoms with Crippen LogP contribution >= 0.6 is 0 Å². The Labute approximate surface area is 150 Å². The molecule has 2 aliphatic rings. The van der Waals surface area contributed by atoms with Gasteiger partial charge in [-0.25, -0.2) is 26.3 Å². The van der Waals surface area contributed by atoms with E-state index in [2.05, 4.69) is 23.3 Å². The molecule has 2 saturated carbocycles. The number of rotatable bonds is 6. The minimum atomic E-state index is -3.75. The fourth-order valence-corrected chi connectivity index (χ4v) is 6.14. The van der Waals surface area contributed by atoms with Gasteiger partial charge in [0.2, 0.25) is 20.0 Å². The molecule has 0 spiro atoms. The van der Waals surface area contributed by atoms with Crippen LogP contribution in [0.15, 0.2) is 34.1 Å². The van der Waals surface area contributed by atoms with Crippen molar-refractivity contribution < 1.29 is 16.8 Å². The maximum absolute atomic E-state index is 12.7. The first-order valence-electron chi connectivity index (χ1n) is 8.84. The number of sulfonamides is 2. The lowest BCUT2D eigenvalue weighted by molar-refractivity contribution is 0.227. The minimum absolute atomic E-state index is 0.00315. The van der Waals surface area contributed by atoms with Crippen LogP contribution in [0.2, 0.25) is 0 Å². The van der Waals surface area contributed by atoms with Gasteiger partial charge in [-0.05, 0) is 49.3 Å². The van der Waals surface area contributed by atoms with Crippen LogP contribution in [0.5, 0.6) is 0 Å². The highest BCUT2D eigenvalue weighted by Gasteiger charge is 2.32. The monoisotopic (exact) mass is 386 g/mol. The summed E-state index contributed by atoms with van der Waals surface area (Å²) in [6.07, 6.45) is 4.58. The first-order valence-corrected chi connectivity index (χ1v) is 11.8. The van der Waals surface area contributed by atoms with Gasteiger partial charge in [-0.15, -0.1) is 0 Å². The van der Waals surface area contributed by atoms with E-state index in [-0.39, 0.29) is 27.8 Å². The highest BCUT2D eigenvalue weighted by Crippen LogP contribution is 2.30. The quantitative estimate of drug-likeness (QED) is 0.784. The molecule has 3 atom stereocenters. The van der Waals surface area contributed by atoms with Gasteiger partial charge in [0.05, 0.1) is 9.79 Å². The van der Waals surface area contributed by atoms with E-state index in [9.17, 15) is 16.8 Å². The number of benzene rings is 1. The molecule has 0 heterocycles. The second-order valence-corrected chi connectivity index (χ2v) is 10.8. The zero-order valence-electron chi connectivity index (χ0n) is 14.6. The predicted molar refractivity (Wildman–Crippen MR) is 96.1 cm³/mol. The molecule has 1 aromatic rings. The average Bonchev–Trinajstić information content (AvgIpc) is 3.35. The van der Waals surface area contributed by atoms with E-state index >= 15 is 0 Å². The van der Waals surface area contributed by atoms with Crippen molar-refractivity contribution in [3.63, 3.8) is 0 Å². The highest BCUT2D eigenvalue weighted by atomic mass is 32.2. The normalized spacial score (nSPS) is 28.0. The van der Waals surface area contributed by atoms with Crippen molar-refractivity contribution >= 4 is 20.0 Å². The zero-order valence-corrected chi connectivity index (χ0v) is 16.2. The summed E-state index contributed by atoms with van der Waals surface area (Å²) in [5.41, 5.74) is 0. The van der Waals surface area contributed by atoms with Crippen LogP contribution in [0.25, 0.3) is 0 Å². The maximum Gasteiger partial charge on any atom is 0.240 e. The lowest BCUT2D eigenvalue weighted by Crippen LogP contribution is -2.43. The van der Waals surface area contributed by atoms with Gasteiger partial charge in [0.25, 0.3) is 0 Å². The molecule has 25 heavy (non-hydrogen) atoms. The van der Waals surface area contributed by atoms with Crippen LogP contribution < -0.4 is 9.44 Å². The Morgan fingerprint density at radius 1 is 0.880 bits per heavy atom. The van der Waals surface area contributed by atoms with E-state index in [4.69, 9.17) is 0 Å². The molecule has 6 nitrogen and oxygen atoms in total. The largest absolute Gasteiger partial charge is 0.240 e. The molecule has 1 aromatic carbocycles. The molecule has 8 heteroatoms. The fourth-order valence-electron chi connectivity index (χ4n) is 3.31. The summed E-state index contributed by atoms with van der Waals surface area (Å²) in [6, 6.07) is 5.45. The van der Waals surface area contributed by atoms with Gasteiger partial charge in [0, 0.05) is 12.1 Å². The second-order valence-electron chi connectivity index (χ2n) is 7.37. The summed E-state index contributed by atoms with van der Waals surface area (Å²) in [7, 11) is -7.43. The Balaban J connectivity index is 1.81. The Hall–Kier alpha value is -0.960. The topological polar surface area (TPSA) is 92.3 Å². The fraction of sp³-hybridized carbons (Fsp3) is 0.647. The Morgan fingerprint density at radius 3 is 2.08 bits per heavy atom. The first kappa shape index (κ1) is 18.8. The Kier molecular flexibility index (Phi) is 5.26. The molecule has 0 bridgehead atoms. The van der Waals surface area contributed by atoms with Crippen LogP contribution in [-0.2, 0) is 20.0 Å². The molecule has 0 amide bonds. The summed E-state index contributed by atoms with van der Waals surface area (Å²) >= 11 is 0. The third-order valence-corrected chi connectivity index (χ3v) is 8.34. The first-order chi connectivity index (χ1) is 11.7. The van der Waals surface area contributed by atoms with Gasteiger partial charge in [-0.1, -0.05) is 32.8 Å². The van der Waals surface area contributed by atoms with E-state index < -0.39 is 20.0 Å². The summed E-state index contributed by atoms with van der Waals surface area (Å²) in [5, 5.41) is 0. The SMILES string of the molecule is CC1CCCC(NS(=O)(=O)c2cccc(S(=O)(=O)NC3CC3)c2)C1C. The molecule has 2 fully saturated rings. The standard InChI is InChI=1S/C17H26N2O4S2/c1-12-5-3-8-17(13(12)2)19-25(22,23)16-7-4-6-15(11-16)24(20,21)18-14-9-10-14/h4,6-7,11-14,17-19H,3,5,8-10H2,1-2H3. The molecule has 0 aromatic heterocycles. The van der Waals surface area contributed by atoms with Crippen molar-refractivity contribution in [2.24, 2.45) is 11.8 Å². The van der Waals surface area contributed by atoms with Crippen molar-refractivity contribution in [1.82, 2.24) is 9.44 Å². The maximum atomic E-state index is 12.7. The second kappa shape index (κ2) is 6.98. The number of hydrogen-bond acceptors (Lipinski definition) is 4. The number of nitrogens with one attached hydrogen (secondary N) is 2. The number of hydrogen-bond donors (Lipinski definition) is 2. The van der Waals surface area contributed by atoms with Gasteiger partial charge in [0.1, 0.15) is 0 Å². The van der Waals surface area contributed by atoms with Gasteiger partial charge in [-0.2, -0.15) is 0 Å². The van der Waals surface area contributed by atoms with E-state index in [0.29, 0.717) is 5.92 Å². The van der Waals surface area contributed by atoms with Crippen LogP contribution in [0, 0.1) is 11.8 Å². The molecule has 0 radical (unpaired) electrons. The summed E-state index contributed by atoms with van der Waals surface area (Å²) in [6.45, 7) is 4.21. The molecule has 0 saturated heterocycles. The molecule has 140 valence electrons. The van der Waals surface area contributed by atoms with E-state index in [1.807, 2.05) is 0 Å². The predicted octanol–water partition coefficient (Wildman–Crippen LogP) is 2.23. The van der Waals surface area contributed by atoms with Gasteiger partial charge in [-0.3, -0.25) is 0 Å². The Bertz CT molecular complexity index is 832. The summed E-state index contributed by atoms with van der Waals surface area (Å²) < 4.78 is 55.5. The smallest absolute Gasteiger partial charge is 0.208 e. The molecule has 3 rings (SSSR count). The lowest BCUT2D eigenvalue weighted by Gasteiger charge is -2.34. The highest BCUT2D eigenvalue weighted by molar-refractivity contribution is 7.90. The molecule has 0 aliphatic heterocycles. The van der Waals surface area contributed by atoms with Crippen LogP contribution in [0.3, 0.4) is 0 Å². The molecule has 2 N–H and O–H groups in total. The van der Waals surface area contributed by atoms with Crippen molar-refractivity contribution in [2.45, 2.75) is 67.8 Å². The minimum Gasteiger partial charge on any atom is -0.208 e.